The molecule has 1 aliphatic rings. The van der Waals surface area contributed by atoms with Gasteiger partial charge in [0.05, 0.1) is 11.4 Å². The van der Waals surface area contributed by atoms with Gasteiger partial charge < -0.3 is 4.74 Å². The van der Waals surface area contributed by atoms with Gasteiger partial charge >= 0.3 is 0 Å². The van der Waals surface area contributed by atoms with Gasteiger partial charge in [0.25, 0.3) is 0 Å². The molecule has 0 bridgehead atoms. The molecule has 0 aromatic heterocycles. The average Bonchev–Trinajstić information content (AvgIpc) is 2.35. The van der Waals surface area contributed by atoms with E-state index in [-0.39, 0.29) is 23.1 Å². The van der Waals surface area contributed by atoms with Crippen molar-refractivity contribution in [2.45, 2.75) is 57.6 Å². The summed E-state index contributed by atoms with van der Waals surface area (Å²) in [4.78, 5) is 0. The van der Waals surface area contributed by atoms with Crippen molar-refractivity contribution in [2.24, 2.45) is 5.84 Å². The zero-order valence-corrected chi connectivity index (χ0v) is 12.3. The summed E-state index contributed by atoms with van der Waals surface area (Å²) in [5, 5.41) is 0. The lowest BCUT2D eigenvalue weighted by Gasteiger charge is -2.40. The van der Waals surface area contributed by atoms with Crippen LogP contribution in [0.1, 0.15) is 46.0 Å². The molecule has 0 aromatic rings. The second kappa shape index (κ2) is 6.84. The Balaban J connectivity index is 2.46. The molecule has 0 aliphatic carbocycles. The summed E-state index contributed by atoms with van der Waals surface area (Å²) >= 11 is 0. The second-order valence-corrected chi connectivity index (χ2v) is 7.69. The standard InChI is InChI=1S/C12H26N2O3S/c1-3-18(15,16)10-6-7-11(14-13)12(2)8-4-5-9-17-12/h11,14H,3-10,13H2,1-2H3. The fourth-order valence-corrected chi connectivity index (χ4v) is 3.34. The third kappa shape index (κ3) is 4.50. The summed E-state index contributed by atoms with van der Waals surface area (Å²) in [5.74, 6) is 6.04. The Morgan fingerprint density at radius 2 is 2.17 bits per heavy atom. The van der Waals surface area contributed by atoms with Gasteiger partial charge in [0, 0.05) is 18.4 Å². The molecule has 1 aliphatic heterocycles. The van der Waals surface area contributed by atoms with Crippen molar-refractivity contribution in [1.82, 2.24) is 5.43 Å². The van der Waals surface area contributed by atoms with E-state index in [0.717, 1.165) is 32.3 Å². The highest BCUT2D eigenvalue weighted by Crippen LogP contribution is 2.29. The summed E-state index contributed by atoms with van der Waals surface area (Å²) in [6, 6.07) is 0.0184. The lowest BCUT2D eigenvalue weighted by Crippen LogP contribution is -2.54. The number of sulfone groups is 1. The molecular weight excluding hydrogens is 252 g/mol. The van der Waals surface area contributed by atoms with Gasteiger partial charge in [-0.3, -0.25) is 11.3 Å². The Kier molecular flexibility index (Phi) is 6.04. The van der Waals surface area contributed by atoms with E-state index in [1.54, 1.807) is 6.92 Å². The molecule has 1 rings (SSSR count). The first kappa shape index (κ1) is 15.9. The van der Waals surface area contributed by atoms with Gasteiger partial charge in [-0.2, -0.15) is 0 Å². The molecular formula is C12H26N2O3S. The normalized spacial score (nSPS) is 27.1. The highest BCUT2D eigenvalue weighted by Gasteiger charge is 2.35. The molecule has 3 N–H and O–H groups in total. The van der Waals surface area contributed by atoms with Crippen molar-refractivity contribution in [3.8, 4) is 0 Å². The van der Waals surface area contributed by atoms with E-state index >= 15 is 0 Å². The van der Waals surface area contributed by atoms with E-state index in [9.17, 15) is 8.42 Å². The minimum atomic E-state index is -2.88. The van der Waals surface area contributed by atoms with Crippen molar-refractivity contribution in [2.75, 3.05) is 18.1 Å². The van der Waals surface area contributed by atoms with E-state index < -0.39 is 9.84 Å². The first-order valence-corrected chi connectivity index (χ1v) is 8.56. The first-order valence-electron chi connectivity index (χ1n) is 6.74. The van der Waals surface area contributed by atoms with E-state index in [4.69, 9.17) is 10.6 Å². The molecule has 6 heteroatoms. The number of nitrogens with one attached hydrogen (secondary N) is 1. The molecule has 0 aromatic carbocycles. The van der Waals surface area contributed by atoms with Crippen LogP contribution >= 0.6 is 0 Å². The zero-order valence-electron chi connectivity index (χ0n) is 11.4. The Morgan fingerprint density at radius 1 is 1.44 bits per heavy atom. The van der Waals surface area contributed by atoms with Crippen molar-refractivity contribution < 1.29 is 13.2 Å². The van der Waals surface area contributed by atoms with Crippen LogP contribution in [0.15, 0.2) is 0 Å². The highest BCUT2D eigenvalue weighted by molar-refractivity contribution is 7.91. The minimum absolute atomic E-state index is 0.0184. The SMILES string of the molecule is CCS(=O)(=O)CCCC(NN)C1(C)CCCCO1. The topological polar surface area (TPSA) is 81.4 Å². The summed E-state index contributed by atoms with van der Waals surface area (Å²) in [7, 11) is -2.88. The second-order valence-electron chi connectivity index (χ2n) is 5.22. The maximum atomic E-state index is 11.4. The zero-order chi connectivity index (χ0) is 13.6. The number of ether oxygens (including phenoxy) is 1. The summed E-state index contributed by atoms with van der Waals surface area (Å²) in [6.07, 6.45) is 4.57. The lowest BCUT2D eigenvalue weighted by atomic mass is 9.86. The molecule has 0 saturated carbocycles. The van der Waals surface area contributed by atoms with Crippen LogP contribution in [-0.2, 0) is 14.6 Å². The molecule has 1 saturated heterocycles. The fourth-order valence-electron chi connectivity index (χ4n) is 2.45. The van der Waals surface area contributed by atoms with E-state index in [1.807, 2.05) is 0 Å². The predicted molar refractivity (Wildman–Crippen MR) is 72.9 cm³/mol. The molecule has 18 heavy (non-hydrogen) atoms. The van der Waals surface area contributed by atoms with E-state index in [0.29, 0.717) is 6.42 Å². The number of rotatable bonds is 7. The minimum Gasteiger partial charge on any atom is -0.374 e. The van der Waals surface area contributed by atoms with Gasteiger partial charge in [-0.05, 0) is 39.0 Å². The predicted octanol–water partition coefficient (Wildman–Crippen LogP) is 0.992. The van der Waals surface area contributed by atoms with Crippen LogP contribution in [0.25, 0.3) is 0 Å². The lowest BCUT2D eigenvalue weighted by molar-refractivity contribution is -0.0901. The third-order valence-corrected chi connectivity index (χ3v) is 5.62. The smallest absolute Gasteiger partial charge is 0.150 e. The van der Waals surface area contributed by atoms with Crippen LogP contribution in [0, 0.1) is 0 Å². The maximum Gasteiger partial charge on any atom is 0.150 e. The third-order valence-electron chi connectivity index (χ3n) is 3.83. The Morgan fingerprint density at radius 3 is 2.67 bits per heavy atom. The molecule has 2 unspecified atom stereocenters. The van der Waals surface area contributed by atoms with Gasteiger partial charge in [-0.25, -0.2) is 8.42 Å². The molecule has 0 spiro atoms. The highest BCUT2D eigenvalue weighted by atomic mass is 32.2. The Hall–Kier alpha value is -0.170. The summed E-state index contributed by atoms with van der Waals surface area (Å²) < 4.78 is 28.7. The van der Waals surface area contributed by atoms with Crippen LogP contribution in [0.4, 0.5) is 0 Å². The molecule has 108 valence electrons. The van der Waals surface area contributed by atoms with Crippen molar-refractivity contribution in [3.05, 3.63) is 0 Å². The van der Waals surface area contributed by atoms with E-state index in [1.165, 1.54) is 0 Å². The van der Waals surface area contributed by atoms with E-state index in [2.05, 4.69) is 12.3 Å². The van der Waals surface area contributed by atoms with Gasteiger partial charge in [0.2, 0.25) is 0 Å². The molecule has 0 amide bonds. The Labute approximate surface area is 110 Å². The number of hydrogen-bond donors (Lipinski definition) is 2. The number of nitrogens with two attached hydrogens (primary N) is 1. The summed E-state index contributed by atoms with van der Waals surface area (Å²) in [6.45, 7) is 4.51. The molecule has 2 atom stereocenters. The van der Waals surface area contributed by atoms with Gasteiger partial charge in [-0.1, -0.05) is 6.92 Å². The van der Waals surface area contributed by atoms with Crippen LogP contribution in [0.2, 0.25) is 0 Å². The summed E-state index contributed by atoms with van der Waals surface area (Å²) in [5.41, 5.74) is 2.54. The van der Waals surface area contributed by atoms with Crippen LogP contribution in [-0.4, -0.2) is 38.2 Å². The maximum absolute atomic E-state index is 11.4. The van der Waals surface area contributed by atoms with Gasteiger partial charge in [0.1, 0.15) is 9.84 Å². The van der Waals surface area contributed by atoms with Crippen LogP contribution in [0.5, 0.6) is 0 Å². The molecule has 1 fully saturated rings. The number of hydrazine groups is 1. The molecule has 5 nitrogen and oxygen atoms in total. The number of hydrogen-bond acceptors (Lipinski definition) is 5. The van der Waals surface area contributed by atoms with Gasteiger partial charge in [0.15, 0.2) is 0 Å². The fraction of sp³-hybridized carbons (Fsp3) is 1.00. The first-order chi connectivity index (χ1) is 8.43. The molecule has 0 radical (unpaired) electrons. The van der Waals surface area contributed by atoms with Crippen molar-refractivity contribution in [3.63, 3.8) is 0 Å². The largest absolute Gasteiger partial charge is 0.374 e. The Bertz CT molecular complexity index is 337. The molecule has 1 heterocycles. The average molecular weight is 278 g/mol. The monoisotopic (exact) mass is 278 g/mol. The van der Waals surface area contributed by atoms with Crippen molar-refractivity contribution >= 4 is 9.84 Å². The van der Waals surface area contributed by atoms with Gasteiger partial charge in [-0.15, -0.1) is 0 Å². The van der Waals surface area contributed by atoms with Crippen molar-refractivity contribution in [1.29, 1.82) is 0 Å². The quantitative estimate of drug-likeness (QED) is 0.536. The van der Waals surface area contributed by atoms with Crippen LogP contribution < -0.4 is 11.3 Å². The van der Waals surface area contributed by atoms with Crippen LogP contribution in [0.3, 0.4) is 0 Å².